The summed E-state index contributed by atoms with van der Waals surface area (Å²) in [6, 6.07) is 8.66. The molecule has 1 aromatic carbocycles. The third kappa shape index (κ3) is 7.85. The molecule has 0 bridgehead atoms. The maximum atomic E-state index is 11.0. The van der Waals surface area contributed by atoms with E-state index in [2.05, 4.69) is 48.3 Å². The summed E-state index contributed by atoms with van der Waals surface area (Å²) in [5.41, 5.74) is 3.64. The Balaban J connectivity index is 1.99. The van der Waals surface area contributed by atoms with Crippen molar-refractivity contribution in [2.45, 2.75) is 78.6 Å². The first-order valence-corrected chi connectivity index (χ1v) is 11.7. The summed E-state index contributed by atoms with van der Waals surface area (Å²) in [6.45, 7) is 8.78. The molecule has 0 saturated heterocycles. The molecular formula is C25H39N3O2. The molecule has 166 valence electrons. The first kappa shape index (κ1) is 24.0. The van der Waals surface area contributed by atoms with Crippen molar-refractivity contribution in [2.75, 3.05) is 23.3 Å². The van der Waals surface area contributed by atoms with Gasteiger partial charge in [-0.3, -0.25) is 10.1 Å². The van der Waals surface area contributed by atoms with E-state index in [0.29, 0.717) is 6.42 Å². The second-order valence-corrected chi connectivity index (χ2v) is 8.42. The van der Waals surface area contributed by atoms with Crippen molar-refractivity contribution < 1.29 is 4.92 Å². The highest BCUT2D eigenvalue weighted by atomic mass is 16.6. The van der Waals surface area contributed by atoms with Crippen LogP contribution in [0.3, 0.4) is 0 Å². The molecule has 1 aromatic rings. The van der Waals surface area contributed by atoms with Gasteiger partial charge in [0.25, 0.3) is 0 Å². The third-order valence-electron chi connectivity index (χ3n) is 5.82. The normalized spacial score (nSPS) is 16.0. The summed E-state index contributed by atoms with van der Waals surface area (Å²) >= 11 is 0. The third-order valence-corrected chi connectivity index (χ3v) is 5.82. The van der Waals surface area contributed by atoms with Gasteiger partial charge in [-0.1, -0.05) is 59.3 Å². The van der Waals surface area contributed by atoms with Crippen LogP contribution in [0.1, 0.15) is 78.6 Å². The zero-order valence-electron chi connectivity index (χ0n) is 19.0. The van der Waals surface area contributed by atoms with Gasteiger partial charge in [0.15, 0.2) is 0 Å². The van der Waals surface area contributed by atoms with Crippen LogP contribution >= 0.6 is 0 Å². The SMILES string of the molecule is CCCCCCN(CCCCCC)c1ccc(NC2=CC=C([N+](=O)[O-])CC2C)cc1. The second kappa shape index (κ2) is 13.1. The zero-order chi connectivity index (χ0) is 21.8. The van der Waals surface area contributed by atoms with Crippen molar-refractivity contribution in [3.05, 3.63) is 57.9 Å². The number of nitrogens with zero attached hydrogens (tertiary/aromatic N) is 2. The van der Waals surface area contributed by atoms with Crippen molar-refractivity contribution in [1.82, 2.24) is 0 Å². The van der Waals surface area contributed by atoms with Gasteiger partial charge in [0, 0.05) is 48.6 Å². The summed E-state index contributed by atoms with van der Waals surface area (Å²) in [4.78, 5) is 13.2. The molecule has 0 radical (unpaired) electrons. The van der Waals surface area contributed by atoms with E-state index in [-0.39, 0.29) is 16.5 Å². The van der Waals surface area contributed by atoms with Gasteiger partial charge in [-0.15, -0.1) is 0 Å². The number of nitro groups is 1. The molecule has 0 aliphatic heterocycles. The molecule has 0 amide bonds. The highest BCUT2D eigenvalue weighted by Crippen LogP contribution is 2.27. The van der Waals surface area contributed by atoms with E-state index in [1.807, 2.05) is 13.0 Å². The number of unbranched alkanes of at least 4 members (excludes halogenated alkanes) is 6. The molecule has 0 heterocycles. The molecule has 0 spiro atoms. The molecule has 0 saturated carbocycles. The predicted molar refractivity (Wildman–Crippen MR) is 128 cm³/mol. The number of allylic oxidation sites excluding steroid dienone is 4. The lowest BCUT2D eigenvalue weighted by Gasteiger charge is -2.26. The van der Waals surface area contributed by atoms with Crippen LogP contribution in [-0.2, 0) is 0 Å². The summed E-state index contributed by atoms with van der Waals surface area (Å²) in [7, 11) is 0. The Hall–Kier alpha value is -2.30. The minimum Gasteiger partial charge on any atom is -0.372 e. The quantitative estimate of drug-likeness (QED) is 0.200. The van der Waals surface area contributed by atoms with Gasteiger partial charge < -0.3 is 10.2 Å². The number of anilines is 2. The van der Waals surface area contributed by atoms with Crippen LogP contribution < -0.4 is 10.2 Å². The molecule has 5 nitrogen and oxygen atoms in total. The van der Waals surface area contributed by atoms with Crippen molar-refractivity contribution in [1.29, 1.82) is 0 Å². The van der Waals surface area contributed by atoms with Crippen molar-refractivity contribution in [3.63, 3.8) is 0 Å². The molecular weight excluding hydrogens is 374 g/mol. The fourth-order valence-corrected chi connectivity index (χ4v) is 3.89. The Morgan fingerprint density at radius 3 is 2.07 bits per heavy atom. The van der Waals surface area contributed by atoms with Crippen LogP contribution in [0.15, 0.2) is 47.8 Å². The Kier molecular flexibility index (Phi) is 10.5. The molecule has 0 aromatic heterocycles. The van der Waals surface area contributed by atoms with Gasteiger partial charge in [0.2, 0.25) is 5.70 Å². The number of hydrogen-bond donors (Lipinski definition) is 1. The highest BCUT2D eigenvalue weighted by Gasteiger charge is 2.22. The molecule has 30 heavy (non-hydrogen) atoms. The van der Waals surface area contributed by atoms with Crippen molar-refractivity contribution >= 4 is 11.4 Å². The molecule has 1 aliphatic rings. The minimum atomic E-state index is -0.284. The zero-order valence-corrected chi connectivity index (χ0v) is 19.0. The van der Waals surface area contributed by atoms with E-state index in [1.54, 1.807) is 6.08 Å². The Morgan fingerprint density at radius 2 is 1.57 bits per heavy atom. The molecule has 1 aliphatic carbocycles. The molecule has 1 N–H and O–H groups in total. The Labute approximate surface area is 182 Å². The molecule has 2 rings (SSSR count). The van der Waals surface area contributed by atoms with Crippen LogP contribution in [0.2, 0.25) is 0 Å². The lowest BCUT2D eigenvalue weighted by molar-refractivity contribution is -0.428. The van der Waals surface area contributed by atoms with E-state index < -0.39 is 0 Å². The largest absolute Gasteiger partial charge is 0.372 e. The van der Waals surface area contributed by atoms with Crippen LogP contribution in [-0.4, -0.2) is 18.0 Å². The highest BCUT2D eigenvalue weighted by molar-refractivity contribution is 5.57. The minimum absolute atomic E-state index is 0.115. The average molecular weight is 414 g/mol. The van der Waals surface area contributed by atoms with E-state index in [0.717, 1.165) is 24.5 Å². The lowest BCUT2D eigenvalue weighted by atomic mass is 9.96. The van der Waals surface area contributed by atoms with Gasteiger partial charge in [0.1, 0.15) is 0 Å². The average Bonchev–Trinajstić information content (AvgIpc) is 2.74. The fraction of sp³-hybridized carbons (Fsp3) is 0.600. The van der Waals surface area contributed by atoms with Gasteiger partial charge in [-0.2, -0.15) is 0 Å². The first-order valence-electron chi connectivity index (χ1n) is 11.7. The van der Waals surface area contributed by atoms with Crippen LogP contribution in [0, 0.1) is 16.0 Å². The maximum absolute atomic E-state index is 11.0. The van der Waals surface area contributed by atoms with Gasteiger partial charge in [-0.05, 0) is 43.2 Å². The summed E-state index contributed by atoms with van der Waals surface area (Å²) in [5.74, 6) is 0.115. The summed E-state index contributed by atoms with van der Waals surface area (Å²) < 4.78 is 0. The first-order chi connectivity index (χ1) is 14.5. The number of hydrogen-bond acceptors (Lipinski definition) is 4. The molecule has 1 unspecified atom stereocenters. The second-order valence-electron chi connectivity index (χ2n) is 8.42. The molecule has 0 fully saturated rings. The monoisotopic (exact) mass is 413 g/mol. The van der Waals surface area contributed by atoms with E-state index in [1.165, 1.54) is 57.1 Å². The van der Waals surface area contributed by atoms with Gasteiger partial charge in [-0.25, -0.2) is 0 Å². The number of nitrogens with one attached hydrogen (secondary N) is 1. The van der Waals surface area contributed by atoms with Crippen molar-refractivity contribution in [2.24, 2.45) is 5.92 Å². The topological polar surface area (TPSA) is 58.4 Å². The lowest BCUT2D eigenvalue weighted by Crippen LogP contribution is -2.25. The van der Waals surface area contributed by atoms with E-state index in [9.17, 15) is 10.1 Å². The fourth-order valence-electron chi connectivity index (χ4n) is 3.89. The number of rotatable bonds is 14. The standard InChI is InChI=1S/C25H39N3O2/c1-4-6-8-10-18-27(19-11-9-7-5-2)23-14-12-22(13-15-23)26-25-17-16-24(28(29)30)20-21(25)3/h12-17,21,26H,4-11,18-20H2,1-3H3. The van der Waals surface area contributed by atoms with Crippen LogP contribution in [0.25, 0.3) is 0 Å². The van der Waals surface area contributed by atoms with Gasteiger partial charge in [0.05, 0.1) is 4.92 Å². The van der Waals surface area contributed by atoms with E-state index >= 15 is 0 Å². The molecule has 5 heteroatoms. The van der Waals surface area contributed by atoms with Crippen LogP contribution in [0.4, 0.5) is 11.4 Å². The Morgan fingerprint density at radius 1 is 0.967 bits per heavy atom. The smallest absolute Gasteiger partial charge is 0.246 e. The number of benzene rings is 1. The molecule has 1 atom stereocenters. The predicted octanol–water partition coefficient (Wildman–Crippen LogP) is 7.15. The van der Waals surface area contributed by atoms with Crippen molar-refractivity contribution in [3.8, 4) is 0 Å². The van der Waals surface area contributed by atoms with E-state index in [4.69, 9.17) is 0 Å². The van der Waals surface area contributed by atoms with Crippen LogP contribution in [0.5, 0.6) is 0 Å². The van der Waals surface area contributed by atoms with Gasteiger partial charge >= 0.3 is 0 Å². The summed E-state index contributed by atoms with van der Waals surface area (Å²) in [6.07, 6.45) is 14.2. The Bertz CT molecular complexity index is 698. The maximum Gasteiger partial charge on any atom is 0.246 e. The summed E-state index contributed by atoms with van der Waals surface area (Å²) in [5, 5.41) is 14.4.